The van der Waals surface area contributed by atoms with Gasteiger partial charge in [0.25, 0.3) is 0 Å². The number of nitrogens with one attached hydrogen (secondary N) is 1. The van der Waals surface area contributed by atoms with Crippen molar-refractivity contribution in [3.63, 3.8) is 0 Å². The average Bonchev–Trinajstić information content (AvgIpc) is 3.47. The fraction of sp³-hybridized carbons (Fsp3) is 0.444. The number of carboxylic acids is 1. The maximum Gasteiger partial charge on any atom is 0.353 e. The van der Waals surface area contributed by atoms with Crippen LogP contribution in [0.5, 0.6) is 0 Å². The fourth-order valence-electron chi connectivity index (χ4n) is 4.30. The predicted octanol–water partition coefficient (Wildman–Crippen LogP) is 2.36. The van der Waals surface area contributed by atoms with E-state index in [0.717, 1.165) is 36.6 Å². The van der Waals surface area contributed by atoms with Gasteiger partial charge in [-0.15, -0.1) is 10.2 Å². The highest BCUT2D eigenvalue weighted by molar-refractivity contribution is 5.85. The number of imidazole rings is 1. The molecule has 1 aliphatic carbocycles. The van der Waals surface area contributed by atoms with Crippen LogP contribution in [-0.4, -0.2) is 51.8 Å². The van der Waals surface area contributed by atoms with Crippen molar-refractivity contribution in [1.29, 1.82) is 0 Å². The van der Waals surface area contributed by atoms with Gasteiger partial charge in [-0.05, 0) is 19.3 Å². The van der Waals surface area contributed by atoms with Crippen LogP contribution in [0.2, 0.25) is 0 Å². The molecule has 2 aliphatic rings. The van der Waals surface area contributed by atoms with Gasteiger partial charge in [0.05, 0.1) is 18.4 Å². The molecule has 0 spiro atoms. The van der Waals surface area contributed by atoms with Crippen LogP contribution < -0.4 is 4.90 Å². The molecule has 4 heterocycles. The van der Waals surface area contributed by atoms with Crippen molar-refractivity contribution < 1.29 is 9.90 Å². The Labute approximate surface area is 160 Å². The molecule has 0 aromatic carbocycles. The third kappa shape index (κ3) is 2.48. The normalized spacial score (nSPS) is 18.9. The second-order valence-electron chi connectivity index (χ2n) is 7.18. The van der Waals surface area contributed by atoms with Crippen LogP contribution in [-0.2, 0) is 0 Å². The molecule has 1 aliphatic heterocycles. The molecule has 5 rings (SSSR count). The fourth-order valence-corrected chi connectivity index (χ4v) is 4.30. The summed E-state index contributed by atoms with van der Waals surface area (Å²) in [7, 11) is 0. The maximum absolute atomic E-state index is 11.2. The Bertz CT molecular complexity index is 1040. The van der Waals surface area contributed by atoms with Crippen molar-refractivity contribution in [2.75, 3.05) is 4.90 Å². The van der Waals surface area contributed by atoms with Crippen molar-refractivity contribution in [1.82, 2.24) is 34.7 Å². The van der Waals surface area contributed by atoms with E-state index in [-0.39, 0.29) is 11.7 Å². The first kappa shape index (κ1) is 16.8. The lowest BCUT2D eigenvalue weighted by Crippen LogP contribution is -2.42. The van der Waals surface area contributed by atoms with Crippen molar-refractivity contribution in [3.05, 3.63) is 30.2 Å². The van der Waals surface area contributed by atoms with Crippen LogP contribution in [0.4, 0.5) is 5.82 Å². The molecule has 0 saturated heterocycles. The summed E-state index contributed by atoms with van der Waals surface area (Å²) in [6.07, 6.45) is 10.2. The van der Waals surface area contributed by atoms with Gasteiger partial charge in [-0.1, -0.05) is 19.8 Å². The first-order valence-electron chi connectivity index (χ1n) is 9.51. The molecular formula is C18H20N8O2. The van der Waals surface area contributed by atoms with E-state index in [1.807, 2.05) is 4.57 Å². The summed E-state index contributed by atoms with van der Waals surface area (Å²) in [5.74, 6) is 1.38. The lowest BCUT2D eigenvalue weighted by molar-refractivity contribution is 0.0691. The van der Waals surface area contributed by atoms with E-state index in [9.17, 15) is 4.79 Å². The molecule has 1 fully saturated rings. The summed E-state index contributed by atoms with van der Waals surface area (Å²) in [5.41, 5.74) is 0.849. The number of aromatic amines is 1. The molecule has 2 N–H and O–H groups in total. The van der Waals surface area contributed by atoms with Gasteiger partial charge in [-0.3, -0.25) is 4.57 Å². The quantitative estimate of drug-likeness (QED) is 0.706. The molecule has 0 amide bonds. The SMILES string of the molecule is CCC1c2nncn2-c2cnc(-c3ncc(C(=O)O)[nH]3)nc2N1C1CCCC1. The van der Waals surface area contributed by atoms with Crippen molar-refractivity contribution in [2.45, 2.75) is 51.1 Å². The van der Waals surface area contributed by atoms with E-state index >= 15 is 0 Å². The Morgan fingerprint density at radius 3 is 2.82 bits per heavy atom. The maximum atomic E-state index is 11.2. The van der Waals surface area contributed by atoms with Crippen LogP contribution in [0.15, 0.2) is 18.7 Å². The zero-order valence-electron chi connectivity index (χ0n) is 15.4. The summed E-state index contributed by atoms with van der Waals surface area (Å²) in [6.45, 7) is 2.14. The Kier molecular flexibility index (Phi) is 3.85. The minimum Gasteiger partial charge on any atom is -0.477 e. The second kappa shape index (κ2) is 6.39. The van der Waals surface area contributed by atoms with Crippen LogP contribution in [0.25, 0.3) is 17.3 Å². The van der Waals surface area contributed by atoms with Crippen molar-refractivity contribution >= 4 is 11.8 Å². The Morgan fingerprint density at radius 1 is 1.29 bits per heavy atom. The largest absolute Gasteiger partial charge is 0.477 e. The minimum absolute atomic E-state index is 0.0106. The number of hydrogen-bond acceptors (Lipinski definition) is 7. The van der Waals surface area contributed by atoms with Crippen LogP contribution in [0, 0.1) is 0 Å². The third-order valence-electron chi connectivity index (χ3n) is 5.58. The molecule has 28 heavy (non-hydrogen) atoms. The van der Waals surface area contributed by atoms with E-state index in [1.54, 1.807) is 12.5 Å². The summed E-state index contributed by atoms with van der Waals surface area (Å²) in [6, 6.07) is 0.482. The Morgan fingerprint density at radius 2 is 2.11 bits per heavy atom. The van der Waals surface area contributed by atoms with E-state index in [1.165, 1.54) is 19.0 Å². The van der Waals surface area contributed by atoms with Gasteiger partial charge in [0, 0.05) is 6.04 Å². The Hall–Kier alpha value is -3.30. The third-order valence-corrected chi connectivity index (χ3v) is 5.58. The monoisotopic (exact) mass is 380 g/mol. The zero-order valence-corrected chi connectivity index (χ0v) is 15.4. The number of aromatic carboxylic acids is 1. The molecule has 1 saturated carbocycles. The molecule has 3 aromatic heterocycles. The van der Waals surface area contributed by atoms with E-state index < -0.39 is 5.97 Å². The standard InChI is InChI=1S/C18H20N8O2/c1-2-12-17-24-21-9-25(17)13-8-20-15(14-19-7-11(22-14)18(27)28)23-16(13)26(12)10-5-3-4-6-10/h7-10,12H,2-6H2,1H3,(H,19,22)(H,27,28). The Balaban J connectivity index is 1.66. The highest BCUT2D eigenvalue weighted by atomic mass is 16.4. The number of H-pyrrole nitrogens is 1. The topological polar surface area (TPSA) is 126 Å². The summed E-state index contributed by atoms with van der Waals surface area (Å²) in [5, 5.41) is 17.6. The molecule has 10 nitrogen and oxygen atoms in total. The van der Waals surface area contributed by atoms with Crippen LogP contribution in [0.1, 0.15) is 61.4 Å². The molecule has 10 heteroatoms. The number of hydrogen-bond donors (Lipinski definition) is 2. The van der Waals surface area contributed by atoms with Gasteiger partial charge in [-0.25, -0.2) is 19.7 Å². The molecular weight excluding hydrogens is 360 g/mol. The van der Waals surface area contributed by atoms with Crippen molar-refractivity contribution in [3.8, 4) is 17.3 Å². The molecule has 0 bridgehead atoms. The first-order chi connectivity index (χ1) is 13.7. The summed E-state index contributed by atoms with van der Waals surface area (Å²) < 4.78 is 1.95. The van der Waals surface area contributed by atoms with Gasteiger partial charge in [0.1, 0.15) is 17.7 Å². The van der Waals surface area contributed by atoms with E-state index in [2.05, 4.69) is 37.0 Å². The number of fused-ring (bicyclic) bond motifs is 3. The van der Waals surface area contributed by atoms with Gasteiger partial charge in [-0.2, -0.15) is 0 Å². The van der Waals surface area contributed by atoms with Gasteiger partial charge in [0.15, 0.2) is 23.3 Å². The molecule has 1 atom stereocenters. The minimum atomic E-state index is -1.07. The van der Waals surface area contributed by atoms with Gasteiger partial charge >= 0.3 is 5.97 Å². The summed E-state index contributed by atoms with van der Waals surface area (Å²) in [4.78, 5) is 29.7. The van der Waals surface area contributed by atoms with Gasteiger partial charge < -0.3 is 15.0 Å². The smallest absolute Gasteiger partial charge is 0.353 e. The second-order valence-corrected chi connectivity index (χ2v) is 7.18. The lowest BCUT2D eigenvalue weighted by atomic mass is 10.0. The number of rotatable bonds is 4. The van der Waals surface area contributed by atoms with Crippen molar-refractivity contribution in [2.24, 2.45) is 0 Å². The van der Waals surface area contributed by atoms with Crippen LogP contribution >= 0.6 is 0 Å². The first-order valence-corrected chi connectivity index (χ1v) is 9.51. The molecule has 144 valence electrons. The van der Waals surface area contributed by atoms with Crippen LogP contribution in [0.3, 0.4) is 0 Å². The molecule has 1 unspecified atom stereocenters. The molecule has 0 radical (unpaired) electrons. The number of nitrogens with zero attached hydrogens (tertiary/aromatic N) is 7. The number of carbonyl (C=O) groups is 1. The lowest BCUT2D eigenvalue weighted by Gasteiger charge is -2.40. The van der Waals surface area contributed by atoms with E-state index in [4.69, 9.17) is 10.1 Å². The molecule has 3 aromatic rings. The highest BCUT2D eigenvalue weighted by Gasteiger charge is 2.38. The predicted molar refractivity (Wildman–Crippen MR) is 99.3 cm³/mol. The highest BCUT2D eigenvalue weighted by Crippen LogP contribution is 2.42. The average molecular weight is 380 g/mol. The van der Waals surface area contributed by atoms with E-state index in [0.29, 0.717) is 17.7 Å². The number of anilines is 1. The van der Waals surface area contributed by atoms with Gasteiger partial charge in [0.2, 0.25) is 0 Å². The number of carboxylic acid groups (broad SMARTS) is 1. The summed E-state index contributed by atoms with van der Waals surface area (Å²) >= 11 is 0. The number of aromatic nitrogens is 7. The zero-order chi connectivity index (χ0) is 19.3.